The number of thiophene rings is 1. The molecule has 1 aliphatic rings. The number of rotatable bonds is 5. The highest BCUT2D eigenvalue weighted by atomic mass is 32.1. The van der Waals surface area contributed by atoms with Crippen molar-refractivity contribution >= 4 is 51.2 Å². The number of nitrogens with one attached hydrogen (secondary N) is 2. The van der Waals surface area contributed by atoms with E-state index in [1.54, 1.807) is 0 Å². The minimum atomic E-state index is -0.640. The SMILES string of the molecule is COc1ccc(C(=O)NC(=S)Nc2sc3c(c2C(N)=O)CCC3)cc1[N+](=O)[O-]. The number of fused-ring (bicyclic) bond motifs is 1. The largest absolute Gasteiger partial charge is 0.490 e. The van der Waals surface area contributed by atoms with Crippen molar-refractivity contribution in [2.75, 3.05) is 12.4 Å². The second-order valence-corrected chi connectivity index (χ2v) is 7.49. The average molecular weight is 420 g/mol. The van der Waals surface area contributed by atoms with Crippen molar-refractivity contribution in [2.45, 2.75) is 19.3 Å². The molecule has 0 spiro atoms. The number of hydrogen-bond acceptors (Lipinski definition) is 7. The van der Waals surface area contributed by atoms with Crippen LogP contribution in [0.2, 0.25) is 0 Å². The molecular formula is C17H16N4O5S2. The first kappa shape index (κ1) is 19.7. The number of amides is 2. The maximum Gasteiger partial charge on any atom is 0.311 e. The Labute approximate surface area is 169 Å². The zero-order valence-electron chi connectivity index (χ0n) is 14.7. The van der Waals surface area contributed by atoms with Gasteiger partial charge in [0.15, 0.2) is 10.9 Å². The number of nitro groups is 1. The molecule has 0 atom stereocenters. The maximum absolute atomic E-state index is 12.4. The molecular weight excluding hydrogens is 404 g/mol. The minimum absolute atomic E-state index is 0.0362. The van der Waals surface area contributed by atoms with Crippen LogP contribution in [0.25, 0.3) is 0 Å². The lowest BCUT2D eigenvalue weighted by atomic mass is 10.1. The molecule has 0 fully saturated rings. The van der Waals surface area contributed by atoms with E-state index >= 15 is 0 Å². The van der Waals surface area contributed by atoms with Gasteiger partial charge < -0.3 is 15.8 Å². The molecule has 0 saturated carbocycles. The molecule has 2 aromatic rings. The van der Waals surface area contributed by atoms with Gasteiger partial charge in [0.2, 0.25) is 0 Å². The maximum atomic E-state index is 12.4. The van der Waals surface area contributed by atoms with E-state index in [2.05, 4.69) is 10.6 Å². The fourth-order valence-corrected chi connectivity index (χ4v) is 4.59. The lowest BCUT2D eigenvalue weighted by Gasteiger charge is -2.10. The van der Waals surface area contributed by atoms with Gasteiger partial charge in [-0.15, -0.1) is 11.3 Å². The van der Waals surface area contributed by atoms with Crippen LogP contribution in [-0.2, 0) is 12.8 Å². The molecule has 1 aliphatic carbocycles. The third kappa shape index (κ3) is 3.80. The van der Waals surface area contributed by atoms with Gasteiger partial charge in [-0.1, -0.05) is 0 Å². The third-order valence-electron chi connectivity index (χ3n) is 4.26. The van der Waals surface area contributed by atoms with Crippen LogP contribution in [-0.4, -0.2) is 29.0 Å². The van der Waals surface area contributed by atoms with Crippen molar-refractivity contribution in [1.82, 2.24) is 5.32 Å². The fraction of sp³-hybridized carbons (Fsp3) is 0.235. The summed E-state index contributed by atoms with van der Waals surface area (Å²) < 4.78 is 4.91. The number of hydrogen-bond donors (Lipinski definition) is 3. The zero-order valence-corrected chi connectivity index (χ0v) is 16.4. The predicted octanol–water partition coefficient (Wildman–Crippen LogP) is 2.38. The monoisotopic (exact) mass is 420 g/mol. The summed E-state index contributed by atoms with van der Waals surface area (Å²) in [4.78, 5) is 35.7. The van der Waals surface area contributed by atoms with Crippen molar-refractivity contribution in [1.29, 1.82) is 0 Å². The number of ether oxygens (including phenoxy) is 1. The van der Waals surface area contributed by atoms with Gasteiger partial charge in [0.25, 0.3) is 11.8 Å². The van der Waals surface area contributed by atoms with Gasteiger partial charge in [-0.25, -0.2) is 0 Å². The van der Waals surface area contributed by atoms with Crippen molar-refractivity contribution in [3.8, 4) is 5.75 Å². The van der Waals surface area contributed by atoms with Gasteiger partial charge in [0, 0.05) is 16.5 Å². The van der Waals surface area contributed by atoms with Gasteiger partial charge in [-0.3, -0.25) is 25.0 Å². The molecule has 9 nitrogen and oxygen atoms in total. The van der Waals surface area contributed by atoms with E-state index in [0.717, 1.165) is 35.8 Å². The molecule has 11 heteroatoms. The number of nitro benzene ring substituents is 1. The van der Waals surface area contributed by atoms with Crippen LogP contribution in [0.15, 0.2) is 18.2 Å². The Kier molecular flexibility index (Phi) is 5.56. The zero-order chi connectivity index (χ0) is 20.4. The van der Waals surface area contributed by atoms with E-state index in [1.165, 1.54) is 30.6 Å². The summed E-state index contributed by atoms with van der Waals surface area (Å²) in [5.41, 5.74) is 6.53. The standard InChI is InChI=1S/C17H16N4O5S2/c1-26-11-6-5-8(7-10(11)21(24)25)15(23)19-17(27)20-16-13(14(18)22)9-3-2-4-12(9)28-16/h5-7H,2-4H2,1H3,(H2,18,22)(H2,19,20,23,27). The molecule has 1 heterocycles. The molecule has 146 valence electrons. The number of primary amides is 1. The van der Waals surface area contributed by atoms with Crippen molar-refractivity contribution < 1.29 is 19.2 Å². The van der Waals surface area contributed by atoms with E-state index in [-0.39, 0.29) is 22.1 Å². The molecule has 0 bridgehead atoms. The third-order valence-corrected chi connectivity index (χ3v) is 5.67. The Morgan fingerprint density at radius 1 is 1.36 bits per heavy atom. The van der Waals surface area contributed by atoms with Crippen LogP contribution in [0.3, 0.4) is 0 Å². The fourth-order valence-electron chi connectivity index (χ4n) is 3.04. The second-order valence-electron chi connectivity index (χ2n) is 5.98. The van der Waals surface area contributed by atoms with Crippen LogP contribution in [0, 0.1) is 10.1 Å². The molecule has 1 aromatic heterocycles. The highest BCUT2D eigenvalue weighted by molar-refractivity contribution is 7.80. The summed E-state index contributed by atoms with van der Waals surface area (Å²) in [7, 11) is 1.30. The Bertz CT molecular complexity index is 1000. The topological polar surface area (TPSA) is 137 Å². The normalized spacial score (nSPS) is 12.2. The first-order valence-corrected chi connectivity index (χ1v) is 9.43. The van der Waals surface area contributed by atoms with Gasteiger partial charge in [0.05, 0.1) is 17.6 Å². The molecule has 4 N–H and O–H groups in total. The highest BCUT2D eigenvalue weighted by Crippen LogP contribution is 2.38. The summed E-state index contributed by atoms with van der Waals surface area (Å²) in [5.74, 6) is -1.14. The van der Waals surface area contributed by atoms with E-state index in [4.69, 9.17) is 22.7 Å². The molecule has 28 heavy (non-hydrogen) atoms. The van der Waals surface area contributed by atoms with E-state index in [1.807, 2.05) is 0 Å². The number of anilines is 1. The first-order valence-electron chi connectivity index (χ1n) is 8.21. The van der Waals surface area contributed by atoms with Crippen molar-refractivity contribution in [3.05, 3.63) is 49.9 Å². The summed E-state index contributed by atoms with van der Waals surface area (Å²) >= 11 is 6.53. The number of nitrogens with two attached hydrogens (primary N) is 1. The quantitative estimate of drug-likeness (QED) is 0.384. The Hall–Kier alpha value is -3.05. The van der Waals surface area contributed by atoms with E-state index in [0.29, 0.717) is 10.6 Å². The molecule has 0 aliphatic heterocycles. The Balaban J connectivity index is 1.76. The lowest BCUT2D eigenvalue weighted by molar-refractivity contribution is -0.385. The minimum Gasteiger partial charge on any atom is -0.490 e. The highest BCUT2D eigenvalue weighted by Gasteiger charge is 2.26. The van der Waals surface area contributed by atoms with Crippen LogP contribution >= 0.6 is 23.6 Å². The van der Waals surface area contributed by atoms with Crippen LogP contribution in [0.1, 0.15) is 37.6 Å². The first-order chi connectivity index (χ1) is 13.3. The van der Waals surface area contributed by atoms with Gasteiger partial charge in [0.1, 0.15) is 5.00 Å². The van der Waals surface area contributed by atoms with Crippen molar-refractivity contribution in [2.24, 2.45) is 5.73 Å². The summed E-state index contributed by atoms with van der Waals surface area (Å²) in [5, 5.41) is 16.8. The van der Waals surface area contributed by atoms with Gasteiger partial charge >= 0.3 is 5.69 Å². The summed E-state index contributed by atoms with van der Waals surface area (Å²) in [6.07, 6.45) is 2.62. The van der Waals surface area contributed by atoms with E-state index < -0.39 is 16.7 Å². The van der Waals surface area contributed by atoms with Gasteiger partial charge in [-0.05, 0) is 49.2 Å². The van der Waals surface area contributed by atoms with E-state index in [9.17, 15) is 19.7 Å². The van der Waals surface area contributed by atoms with Crippen LogP contribution in [0.4, 0.5) is 10.7 Å². The smallest absolute Gasteiger partial charge is 0.311 e. The average Bonchev–Trinajstić information content (AvgIpc) is 3.21. The van der Waals surface area contributed by atoms with Crippen molar-refractivity contribution in [3.63, 3.8) is 0 Å². The number of carbonyl (C=O) groups excluding carboxylic acids is 2. The Morgan fingerprint density at radius 3 is 2.75 bits per heavy atom. The van der Waals surface area contributed by atoms with Crippen LogP contribution in [0.5, 0.6) is 5.75 Å². The summed E-state index contributed by atoms with van der Waals surface area (Å²) in [6, 6.07) is 3.82. The number of nitrogens with zero attached hydrogens (tertiary/aromatic N) is 1. The molecule has 1 aromatic carbocycles. The molecule has 3 rings (SSSR count). The molecule has 2 amide bonds. The Morgan fingerprint density at radius 2 is 2.11 bits per heavy atom. The van der Waals surface area contributed by atoms with Crippen LogP contribution < -0.4 is 21.1 Å². The number of benzene rings is 1. The molecule has 0 unspecified atom stereocenters. The predicted molar refractivity (Wildman–Crippen MR) is 108 cm³/mol. The molecule has 0 saturated heterocycles. The number of carbonyl (C=O) groups is 2. The second kappa shape index (κ2) is 7.90. The lowest BCUT2D eigenvalue weighted by Crippen LogP contribution is -2.34. The number of thiocarbonyl (C=S) groups is 1. The molecule has 0 radical (unpaired) electrons. The number of methoxy groups -OCH3 is 1. The number of aryl methyl sites for hydroxylation is 1. The van der Waals surface area contributed by atoms with Gasteiger partial charge in [-0.2, -0.15) is 0 Å². The summed E-state index contributed by atoms with van der Waals surface area (Å²) in [6.45, 7) is 0.